The monoisotopic (exact) mass is 529 g/mol. The molecule has 0 atom stereocenters. The fourth-order valence-corrected chi connectivity index (χ4v) is 3.92. The molecule has 0 fully saturated rings. The highest BCUT2D eigenvalue weighted by Gasteiger charge is 2.21. The van der Waals surface area contributed by atoms with E-state index in [0.29, 0.717) is 29.0 Å². The van der Waals surface area contributed by atoms with Gasteiger partial charge >= 0.3 is 5.97 Å². The van der Waals surface area contributed by atoms with Gasteiger partial charge in [0.15, 0.2) is 0 Å². The van der Waals surface area contributed by atoms with Crippen molar-refractivity contribution in [3.63, 3.8) is 0 Å². The smallest absolute Gasteiger partial charge is 0.307 e. The number of aromatic nitrogens is 3. The molecule has 2 heterocycles. The number of nitrogens with one attached hydrogen (secondary N) is 2. The van der Waals surface area contributed by atoms with Crippen LogP contribution in [-0.4, -0.2) is 45.4 Å². The molecule has 0 bridgehead atoms. The fraction of sp³-hybridized carbons (Fsp3) is 0.276. The summed E-state index contributed by atoms with van der Waals surface area (Å²) in [7, 11) is 1.92. The summed E-state index contributed by atoms with van der Waals surface area (Å²) >= 11 is 0. The molecule has 0 radical (unpaired) electrons. The SMILES string of the molecule is CC.CCOC(=O)CCN(C(=O)c1ccc2c(c1)nc(CNc1ccc(C(=N)N)cc1)n2C)c1ccccn1. The number of imidazole rings is 1. The molecular weight excluding hydrogens is 494 g/mol. The van der Waals surface area contributed by atoms with E-state index in [0.717, 1.165) is 17.0 Å². The van der Waals surface area contributed by atoms with Crippen molar-refractivity contribution in [2.45, 2.75) is 33.7 Å². The molecule has 39 heavy (non-hydrogen) atoms. The van der Waals surface area contributed by atoms with Crippen LogP contribution in [0.15, 0.2) is 66.9 Å². The number of hydrogen-bond acceptors (Lipinski definition) is 7. The number of rotatable bonds is 10. The standard InChI is InChI=1S/C27H29N7O3.C2H6/c1-3-37-25(35)13-15-34(23-6-4-5-14-30-23)27(36)19-9-12-22-21(16-19)32-24(33(22)2)17-31-20-10-7-18(8-11-20)26(28)29;1-2/h4-12,14,16,31H,3,13,15,17H2,1-2H3,(H3,28,29);1-2H3. The van der Waals surface area contributed by atoms with Crippen molar-refractivity contribution >= 4 is 40.3 Å². The summed E-state index contributed by atoms with van der Waals surface area (Å²) in [5.41, 5.74) is 9.07. The van der Waals surface area contributed by atoms with Crippen molar-refractivity contribution in [3.8, 4) is 0 Å². The Morgan fingerprint density at radius 3 is 2.44 bits per heavy atom. The van der Waals surface area contributed by atoms with E-state index in [-0.39, 0.29) is 37.3 Å². The van der Waals surface area contributed by atoms with Gasteiger partial charge in [-0.2, -0.15) is 0 Å². The zero-order valence-corrected chi connectivity index (χ0v) is 22.8. The minimum Gasteiger partial charge on any atom is -0.466 e. The van der Waals surface area contributed by atoms with Crippen LogP contribution in [0, 0.1) is 5.41 Å². The normalized spacial score (nSPS) is 10.4. The third kappa shape index (κ3) is 7.19. The summed E-state index contributed by atoms with van der Waals surface area (Å²) in [5, 5.41) is 10.8. The fourth-order valence-electron chi connectivity index (χ4n) is 3.92. The molecule has 0 spiro atoms. The number of esters is 1. The zero-order chi connectivity index (χ0) is 28.4. The van der Waals surface area contributed by atoms with Gasteiger partial charge in [0.1, 0.15) is 17.5 Å². The Morgan fingerprint density at radius 2 is 1.79 bits per heavy atom. The summed E-state index contributed by atoms with van der Waals surface area (Å²) < 4.78 is 7.00. The summed E-state index contributed by atoms with van der Waals surface area (Å²) in [6.45, 7) is 6.64. The largest absolute Gasteiger partial charge is 0.466 e. The van der Waals surface area contributed by atoms with Gasteiger partial charge in [0, 0.05) is 36.6 Å². The molecule has 4 aromatic rings. The number of fused-ring (bicyclic) bond motifs is 1. The van der Waals surface area contributed by atoms with Crippen molar-refractivity contribution in [3.05, 3.63) is 83.8 Å². The maximum Gasteiger partial charge on any atom is 0.307 e. The number of benzene rings is 2. The molecule has 2 aromatic carbocycles. The minimum atomic E-state index is -0.371. The Hall–Kier alpha value is -4.73. The first-order valence-electron chi connectivity index (χ1n) is 12.9. The molecule has 10 nitrogen and oxygen atoms in total. The van der Waals surface area contributed by atoms with Gasteiger partial charge in [-0.3, -0.25) is 19.9 Å². The zero-order valence-electron chi connectivity index (χ0n) is 22.8. The molecule has 0 aliphatic heterocycles. The van der Waals surface area contributed by atoms with E-state index < -0.39 is 0 Å². The highest BCUT2D eigenvalue weighted by Crippen LogP contribution is 2.21. The average Bonchev–Trinajstić information content (AvgIpc) is 3.28. The van der Waals surface area contributed by atoms with Crippen LogP contribution in [0.3, 0.4) is 0 Å². The van der Waals surface area contributed by atoms with Gasteiger partial charge in [0.05, 0.1) is 30.6 Å². The highest BCUT2D eigenvalue weighted by atomic mass is 16.5. The molecule has 2 aromatic heterocycles. The van der Waals surface area contributed by atoms with Gasteiger partial charge < -0.3 is 20.4 Å². The molecule has 0 aliphatic carbocycles. The van der Waals surface area contributed by atoms with Gasteiger partial charge in [-0.15, -0.1) is 0 Å². The first kappa shape index (κ1) is 28.8. The van der Waals surface area contributed by atoms with Crippen LogP contribution in [0.2, 0.25) is 0 Å². The molecule has 10 heteroatoms. The van der Waals surface area contributed by atoms with Crippen molar-refractivity contribution < 1.29 is 14.3 Å². The average molecular weight is 530 g/mol. The Labute approximate surface area is 228 Å². The lowest BCUT2D eigenvalue weighted by Crippen LogP contribution is -2.34. The van der Waals surface area contributed by atoms with Crippen molar-refractivity contribution in [1.82, 2.24) is 14.5 Å². The Morgan fingerprint density at radius 1 is 1.08 bits per heavy atom. The molecule has 4 N–H and O–H groups in total. The predicted molar refractivity (Wildman–Crippen MR) is 154 cm³/mol. The topological polar surface area (TPSA) is 139 Å². The van der Waals surface area contributed by atoms with E-state index in [1.807, 2.05) is 43.7 Å². The van der Waals surface area contributed by atoms with E-state index in [9.17, 15) is 9.59 Å². The number of aryl methyl sites for hydroxylation is 1. The van der Waals surface area contributed by atoms with Gasteiger partial charge in [0.25, 0.3) is 5.91 Å². The number of amidine groups is 1. The third-order valence-electron chi connectivity index (χ3n) is 5.88. The van der Waals surface area contributed by atoms with Crippen molar-refractivity contribution in [2.24, 2.45) is 12.8 Å². The molecule has 0 saturated carbocycles. The number of carbonyl (C=O) groups is 2. The van der Waals surface area contributed by atoms with Crippen LogP contribution < -0.4 is 16.0 Å². The van der Waals surface area contributed by atoms with Crippen LogP contribution in [0.1, 0.15) is 48.9 Å². The van der Waals surface area contributed by atoms with Crippen LogP contribution >= 0.6 is 0 Å². The summed E-state index contributed by atoms with van der Waals surface area (Å²) in [6, 6.07) is 18.0. The first-order chi connectivity index (χ1) is 18.9. The van der Waals surface area contributed by atoms with E-state index in [4.69, 9.17) is 20.9 Å². The minimum absolute atomic E-state index is 0.0229. The maximum atomic E-state index is 13.5. The number of anilines is 2. The van der Waals surface area contributed by atoms with Gasteiger partial charge in [-0.1, -0.05) is 19.9 Å². The Bertz CT molecular complexity index is 1420. The number of nitrogens with zero attached hydrogens (tertiary/aromatic N) is 4. The predicted octanol–water partition coefficient (Wildman–Crippen LogP) is 4.49. The number of nitrogens with two attached hydrogens (primary N) is 1. The molecule has 204 valence electrons. The van der Waals surface area contributed by atoms with E-state index in [1.165, 1.54) is 4.90 Å². The summed E-state index contributed by atoms with van der Waals surface area (Å²) in [4.78, 5) is 36.0. The van der Waals surface area contributed by atoms with E-state index in [1.54, 1.807) is 55.6 Å². The van der Waals surface area contributed by atoms with Crippen LogP contribution in [0.5, 0.6) is 0 Å². The van der Waals surface area contributed by atoms with Crippen LogP contribution in [0.4, 0.5) is 11.5 Å². The summed E-state index contributed by atoms with van der Waals surface area (Å²) in [5.74, 6) is 0.623. The number of carbonyl (C=O) groups excluding carboxylic acids is 2. The maximum absolute atomic E-state index is 13.5. The lowest BCUT2D eigenvalue weighted by atomic mass is 10.1. The molecule has 0 saturated heterocycles. The first-order valence-corrected chi connectivity index (χ1v) is 12.9. The molecule has 1 amide bonds. The van der Waals surface area contributed by atoms with E-state index in [2.05, 4.69) is 10.3 Å². The van der Waals surface area contributed by atoms with Crippen molar-refractivity contribution in [1.29, 1.82) is 5.41 Å². The van der Waals surface area contributed by atoms with Gasteiger partial charge in [0.2, 0.25) is 0 Å². The Kier molecular flexibility index (Phi) is 10.1. The van der Waals surface area contributed by atoms with Crippen LogP contribution in [0.25, 0.3) is 11.0 Å². The number of ether oxygens (including phenoxy) is 1. The van der Waals surface area contributed by atoms with Crippen LogP contribution in [-0.2, 0) is 23.1 Å². The quantitative estimate of drug-likeness (QED) is 0.156. The molecule has 0 aliphatic rings. The number of pyridine rings is 1. The van der Waals surface area contributed by atoms with Gasteiger partial charge in [-0.25, -0.2) is 9.97 Å². The lowest BCUT2D eigenvalue weighted by Gasteiger charge is -2.21. The number of hydrogen-bond donors (Lipinski definition) is 3. The lowest BCUT2D eigenvalue weighted by molar-refractivity contribution is -0.142. The summed E-state index contributed by atoms with van der Waals surface area (Å²) in [6.07, 6.45) is 1.67. The molecular formula is C29H35N7O3. The second-order valence-corrected chi connectivity index (χ2v) is 8.33. The molecule has 4 rings (SSSR count). The molecule has 0 unspecified atom stereocenters. The van der Waals surface area contributed by atoms with Crippen molar-refractivity contribution in [2.75, 3.05) is 23.4 Å². The Balaban J connectivity index is 0.00000205. The van der Waals surface area contributed by atoms with E-state index >= 15 is 0 Å². The third-order valence-corrected chi connectivity index (χ3v) is 5.88. The highest BCUT2D eigenvalue weighted by molar-refractivity contribution is 6.07. The second-order valence-electron chi connectivity index (χ2n) is 8.33. The van der Waals surface area contributed by atoms with Gasteiger partial charge in [-0.05, 0) is 61.5 Å². The number of amides is 1. The second kappa shape index (κ2) is 13.7. The number of nitrogen functional groups attached to an aromatic ring is 1.